The van der Waals surface area contributed by atoms with E-state index < -0.39 is 11.5 Å². The lowest BCUT2D eigenvalue weighted by atomic mass is 10.2. The second-order valence-corrected chi connectivity index (χ2v) is 4.41. The standard InChI is InChI=1S/C14H14N2O4/c1-9-4-2-3-5-11(9)16-13(18)8-12(17)10(15-16)6-7-14(19)20/h2-5,8,17H,6-7H2,1H3,(H,19,20). The molecule has 2 N–H and O–H groups in total. The molecule has 0 atom stereocenters. The number of benzene rings is 1. The lowest BCUT2D eigenvalue weighted by Gasteiger charge is -2.10. The molecule has 0 saturated carbocycles. The molecule has 6 heteroatoms. The fourth-order valence-corrected chi connectivity index (χ4v) is 1.86. The maximum absolute atomic E-state index is 11.9. The van der Waals surface area contributed by atoms with Crippen LogP contribution in [0.4, 0.5) is 0 Å². The van der Waals surface area contributed by atoms with E-state index in [9.17, 15) is 14.7 Å². The molecule has 0 bridgehead atoms. The number of aromatic hydroxyl groups is 1. The Morgan fingerprint density at radius 1 is 1.35 bits per heavy atom. The normalized spacial score (nSPS) is 10.4. The molecule has 20 heavy (non-hydrogen) atoms. The summed E-state index contributed by atoms with van der Waals surface area (Å²) in [6.07, 6.45) is -0.0974. The number of aliphatic carboxylic acids is 1. The average molecular weight is 274 g/mol. The highest BCUT2D eigenvalue weighted by atomic mass is 16.4. The van der Waals surface area contributed by atoms with Crippen molar-refractivity contribution in [2.24, 2.45) is 0 Å². The van der Waals surface area contributed by atoms with Crippen LogP contribution >= 0.6 is 0 Å². The Morgan fingerprint density at radius 2 is 2.05 bits per heavy atom. The summed E-state index contributed by atoms with van der Waals surface area (Å²) in [5.74, 6) is -1.26. The molecule has 0 unspecified atom stereocenters. The van der Waals surface area contributed by atoms with Crippen LogP contribution in [0.15, 0.2) is 35.1 Å². The van der Waals surface area contributed by atoms with E-state index in [0.29, 0.717) is 5.69 Å². The summed E-state index contributed by atoms with van der Waals surface area (Å²) >= 11 is 0. The van der Waals surface area contributed by atoms with Gasteiger partial charge in [0.1, 0.15) is 11.4 Å². The Labute approximate surface area is 114 Å². The Kier molecular flexibility index (Phi) is 3.84. The van der Waals surface area contributed by atoms with Gasteiger partial charge in [0.25, 0.3) is 5.56 Å². The second-order valence-electron chi connectivity index (χ2n) is 4.41. The Morgan fingerprint density at radius 3 is 2.70 bits per heavy atom. The SMILES string of the molecule is Cc1ccccc1-n1nc(CCC(=O)O)c(O)cc1=O. The van der Waals surface area contributed by atoms with Gasteiger partial charge < -0.3 is 10.2 Å². The zero-order valence-electron chi connectivity index (χ0n) is 10.9. The average Bonchev–Trinajstić information content (AvgIpc) is 2.39. The Hall–Kier alpha value is -2.63. The van der Waals surface area contributed by atoms with Gasteiger partial charge in [-0.2, -0.15) is 9.78 Å². The van der Waals surface area contributed by atoms with Gasteiger partial charge in [-0.15, -0.1) is 0 Å². The first-order chi connectivity index (χ1) is 9.49. The van der Waals surface area contributed by atoms with E-state index in [1.807, 2.05) is 19.1 Å². The molecule has 0 aliphatic carbocycles. The molecule has 0 amide bonds. The van der Waals surface area contributed by atoms with Crippen molar-refractivity contribution in [3.8, 4) is 11.4 Å². The molecule has 1 aromatic heterocycles. The van der Waals surface area contributed by atoms with Crippen molar-refractivity contribution < 1.29 is 15.0 Å². The van der Waals surface area contributed by atoms with Crippen LogP contribution in [0, 0.1) is 6.92 Å². The van der Waals surface area contributed by atoms with Crippen LogP contribution < -0.4 is 5.56 Å². The van der Waals surface area contributed by atoms with Crippen molar-refractivity contribution in [1.82, 2.24) is 9.78 Å². The first-order valence-corrected chi connectivity index (χ1v) is 6.09. The molecule has 2 rings (SSSR count). The van der Waals surface area contributed by atoms with Crippen LogP contribution in [0.5, 0.6) is 5.75 Å². The molecule has 1 aromatic carbocycles. The highest BCUT2D eigenvalue weighted by Gasteiger charge is 2.11. The second kappa shape index (κ2) is 5.56. The highest BCUT2D eigenvalue weighted by Crippen LogP contribution is 2.16. The van der Waals surface area contributed by atoms with E-state index >= 15 is 0 Å². The van der Waals surface area contributed by atoms with E-state index in [2.05, 4.69) is 5.10 Å². The molecule has 2 aromatic rings. The van der Waals surface area contributed by atoms with Crippen LogP contribution in [-0.4, -0.2) is 26.0 Å². The molecular weight excluding hydrogens is 260 g/mol. The minimum absolute atomic E-state index is 0.0628. The maximum atomic E-state index is 11.9. The topological polar surface area (TPSA) is 92.4 Å². The Balaban J connectivity index is 2.49. The first kappa shape index (κ1) is 13.8. The highest BCUT2D eigenvalue weighted by molar-refractivity contribution is 5.67. The van der Waals surface area contributed by atoms with Crippen molar-refractivity contribution >= 4 is 5.97 Å². The minimum Gasteiger partial charge on any atom is -0.506 e. The molecule has 0 aliphatic rings. The predicted octanol–water partition coefficient (Wildman–Crippen LogP) is 1.26. The smallest absolute Gasteiger partial charge is 0.303 e. The summed E-state index contributed by atoms with van der Waals surface area (Å²) in [5.41, 5.74) is 1.19. The summed E-state index contributed by atoms with van der Waals surface area (Å²) in [6.45, 7) is 1.84. The van der Waals surface area contributed by atoms with Gasteiger partial charge in [-0.05, 0) is 18.6 Å². The van der Waals surface area contributed by atoms with Crippen molar-refractivity contribution in [3.05, 3.63) is 51.9 Å². The summed E-state index contributed by atoms with van der Waals surface area (Å²) in [6, 6.07) is 8.25. The van der Waals surface area contributed by atoms with Gasteiger partial charge >= 0.3 is 5.97 Å². The Bertz CT molecular complexity index is 707. The molecular formula is C14H14N2O4. The van der Waals surface area contributed by atoms with E-state index in [0.717, 1.165) is 11.6 Å². The molecule has 104 valence electrons. The number of carboxylic acids is 1. The number of aryl methyl sites for hydroxylation is 2. The van der Waals surface area contributed by atoms with Gasteiger partial charge in [-0.25, -0.2) is 0 Å². The molecule has 1 heterocycles. The van der Waals surface area contributed by atoms with Crippen molar-refractivity contribution in [3.63, 3.8) is 0 Å². The van der Waals surface area contributed by atoms with Crippen LogP contribution in [0.25, 0.3) is 5.69 Å². The lowest BCUT2D eigenvalue weighted by Crippen LogP contribution is -2.22. The van der Waals surface area contributed by atoms with E-state index in [1.165, 1.54) is 4.68 Å². The molecule has 0 aliphatic heterocycles. The summed E-state index contributed by atoms with van der Waals surface area (Å²) in [4.78, 5) is 22.5. The number of para-hydroxylation sites is 1. The third-order valence-corrected chi connectivity index (χ3v) is 2.90. The summed E-state index contributed by atoms with van der Waals surface area (Å²) < 4.78 is 1.17. The van der Waals surface area contributed by atoms with Gasteiger partial charge in [0.15, 0.2) is 0 Å². The summed E-state index contributed by atoms with van der Waals surface area (Å²) in [5, 5.41) is 22.4. The number of rotatable bonds is 4. The predicted molar refractivity (Wildman–Crippen MR) is 72.2 cm³/mol. The number of carboxylic acid groups (broad SMARTS) is 1. The maximum Gasteiger partial charge on any atom is 0.303 e. The molecule has 6 nitrogen and oxygen atoms in total. The van der Waals surface area contributed by atoms with Gasteiger partial charge in [0, 0.05) is 12.5 Å². The first-order valence-electron chi connectivity index (χ1n) is 6.09. The van der Waals surface area contributed by atoms with Crippen LogP contribution in [-0.2, 0) is 11.2 Å². The molecule has 0 spiro atoms. The minimum atomic E-state index is -0.986. The monoisotopic (exact) mass is 274 g/mol. The quantitative estimate of drug-likeness (QED) is 0.875. The number of aromatic nitrogens is 2. The summed E-state index contributed by atoms with van der Waals surface area (Å²) in [7, 11) is 0. The van der Waals surface area contributed by atoms with Crippen LogP contribution in [0.2, 0.25) is 0 Å². The molecule has 0 saturated heterocycles. The van der Waals surface area contributed by atoms with Gasteiger partial charge in [-0.3, -0.25) is 9.59 Å². The molecule has 0 radical (unpaired) electrons. The number of hydrogen-bond donors (Lipinski definition) is 2. The fraction of sp³-hybridized carbons (Fsp3) is 0.214. The third-order valence-electron chi connectivity index (χ3n) is 2.90. The fourth-order valence-electron chi connectivity index (χ4n) is 1.86. The largest absolute Gasteiger partial charge is 0.506 e. The zero-order chi connectivity index (χ0) is 14.7. The third kappa shape index (κ3) is 2.85. The van der Waals surface area contributed by atoms with Gasteiger partial charge in [-0.1, -0.05) is 18.2 Å². The van der Waals surface area contributed by atoms with Crippen molar-refractivity contribution in [2.45, 2.75) is 19.8 Å². The van der Waals surface area contributed by atoms with Gasteiger partial charge in [0.2, 0.25) is 0 Å². The number of hydrogen-bond acceptors (Lipinski definition) is 4. The number of carbonyl (C=O) groups is 1. The zero-order valence-corrected chi connectivity index (χ0v) is 10.9. The number of nitrogens with zero attached hydrogens (tertiary/aromatic N) is 2. The molecule has 0 fully saturated rings. The van der Waals surface area contributed by atoms with Gasteiger partial charge in [0.05, 0.1) is 12.1 Å². The lowest BCUT2D eigenvalue weighted by molar-refractivity contribution is -0.136. The van der Waals surface area contributed by atoms with Crippen molar-refractivity contribution in [2.75, 3.05) is 0 Å². The van der Waals surface area contributed by atoms with E-state index in [4.69, 9.17) is 5.11 Å². The van der Waals surface area contributed by atoms with E-state index in [-0.39, 0.29) is 24.3 Å². The van der Waals surface area contributed by atoms with Crippen molar-refractivity contribution in [1.29, 1.82) is 0 Å². The van der Waals surface area contributed by atoms with Crippen LogP contribution in [0.1, 0.15) is 17.7 Å². The van der Waals surface area contributed by atoms with Crippen LogP contribution in [0.3, 0.4) is 0 Å². The van der Waals surface area contributed by atoms with E-state index in [1.54, 1.807) is 12.1 Å².